The average Bonchev–Trinajstić information content (AvgIpc) is 3.24. The second-order valence-electron chi connectivity index (χ2n) is 6.32. The summed E-state index contributed by atoms with van der Waals surface area (Å²) in [5, 5.41) is 9.82. The van der Waals surface area contributed by atoms with E-state index in [4.69, 9.17) is 9.47 Å². The van der Waals surface area contributed by atoms with Crippen molar-refractivity contribution in [2.24, 2.45) is 0 Å². The first-order valence-corrected chi connectivity index (χ1v) is 8.52. The maximum Gasteiger partial charge on any atom is 0.317 e. The van der Waals surface area contributed by atoms with E-state index in [1.165, 1.54) is 0 Å². The molecule has 8 nitrogen and oxygen atoms in total. The molecule has 0 aliphatic carbocycles. The number of carbonyl (C=O) groups excluding carboxylic acids is 1. The number of para-hydroxylation sites is 1. The summed E-state index contributed by atoms with van der Waals surface area (Å²) in [7, 11) is 0. The molecule has 0 saturated carbocycles. The van der Waals surface area contributed by atoms with Gasteiger partial charge < -0.3 is 19.7 Å². The van der Waals surface area contributed by atoms with Crippen LogP contribution in [0.1, 0.15) is 24.5 Å². The van der Waals surface area contributed by atoms with Gasteiger partial charge in [-0.05, 0) is 25.0 Å². The lowest BCUT2D eigenvalue weighted by Gasteiger charge is -2.31. The monoisotopic (exact) mass is 343 g/mol. The largest absolute Gasteiger partial charge is 0.486 e. The number of H-pyrrole nitrogens is 1. The summed E-state index contributed by atoms with van der Waals surface area (Å²) in [4.78, 5) is 18.4. The molecular formula is C17H21N5O3. The van der Waals surface area contributed by atoms with Gasteiger partial charge >= 0.3 is 6.03 Å². The lowest BCUT2D eigenvalue weighted by atomic mass is 10.2. The normalized spacial score (nSPS) is 22.0. The summed E-state index contributed by atoms with van der Waals surface area (Å²) >= 11 is 0. The van der Waals surface area contributed by atoms with Crippen molar-refractivity contribution >= 4 is 6.03 Å². The topological polar surface area (TPSA) is 92.4 Å². The maximum absolute atomic E-state index is 12.3. The number of hydrogen-bond acceptors (Lipinski definition) is 5. The first-order valence-electron chi connectivity index (χ1n) is 8.52. The van der Waals surface area contributed by atoms with Gasteiger partial charge in [0.2, 0.25) is 0 Å². The maximum atomic E-state index is 12.3. The van der Waals surface area contributed by atoms with E-state index in [0.29, 0.717) is 31.3 Å². The highest BCUT2D eigenvalue weighted by Gasteiger charge is 2.35. The molecule has 0 spiro atoms. The van der Waals surface area contributed by atoms with Crippen LogP contribution in [0.3, 0.4) is 0 Å². The Morgan fingerprint density at radius 2 is 2.04 bits per heavy atom. The van der Waals surface area contributed by atoms with Crippen molar-refractivity contribution in [3.63, 3.8) is 0 Å². The fourth-order valence-electron chi connectivity index (χ4n) is 3.19. The van der Waals surface area contributed by atoms with Gasteiger partial charge in [-0.15, -0.1) is 0 Å². The summed E-state index contributed by atoms with van der Waals surface area (Å²) in [5.74, 6) is 1.93. The summed E-state index contributed by atoms with van der Waals surface area (Å²) in [6.45, 7) is 1.91. The molecule has 2 aliphatic heterocycles. The summed E-state index contributed by atoms with van der Waals surface area (Å²) in [6, 6.07) is 9.43. The second kappa shape index (κ2) is 7.10. The van der Waals surface area contributed by atoms with Crippen LogP contribution in [-0.2, 0) is 17.9 Å². The summed E-state index contributed by atoms with van der Waals surface area (Å²) in [5.41, 5.74) is 0. The summed E-state index contributed by atoms with van der Waals surface area (Å²) < 4.78 is 11.4. The number of urea groups is 1. The minimum Gasteiger partial charge on any atom is -0.486 e. The number of hydrogen-bond donors (Lipinski definition) is 2. The molecule has 2 atom stereocenters. The number of benzene rings is 1. The van der Waals surface area contributed by atoms with Crippen LogP contribution in [0.5, 0.6) is 5.75 Å². The Labute approximate surface area is 145 Å². The first-order chi connectivity index (χ1) is 12.3. The highest BCUT2D eigenvalue weighted by Crippen LogP contribution is 2.26. The molecule has 1 aromatic heterocycles. The number of aromatic amines is 1. The van der Waals surface area contributed by atoms with E-state index in [2.05, 4.69) is 20.5 Å². The zero-order chi connectivity index (χ0) is 17.1. The van der Waals surface area contributed by atoms with Crippen molar-refractivity contribution < 1.29 is 14.3 Å². The Hall–Kier alpha value is -2.61. The van der Waals surface area contributed by atoms with Crippen molar-refractivity contribution in [1.29, 1.82) is 0 Å². The van der Waals surface area contributed by atoms with Crippen molar-refractivity contribution in [2.75, 3.05) is 13.1 Å². The molecule has 8 heteroatoms. The molecule has 2 amide bonds. The minimum atomic E-state index is -0.0907. The number of likely N-dealkylation sites (tertiary alicyclic amines) is 1. The molecule has 2 aliphatic rings. The van der Waals surface area contributed by atoms with Gasteiger partial charge in [-0.2, -0.15) is 5.10 Å². The SMILES string of the molecule is O=C(NCc1n[nH]c(COc2ccccc2)n1)N1CC2CCC(C1)O2. The van der Waals surface area contributed by atoms with Crippen LogP contribution in [0.15, 0.2) is 30.3 Å². The summed E-state index contributed by atoms with van der Waals surface area (Å²) in [6.07, 6.45) is 2.46. The predicted octanol–water partition coefficient (Wildman–Crippen LogP) is 1.46. The third-order valence-corrected chi connectivity index (χ3v) is 4.43. The standard InChI is InChI=1S/C17H21N5O3/c23-17(22-9-13-6-7-14(10-22)25-13)18-8-15-19-16(21-20-15)11-24-12-4-2-1-3-5-12/h1-5,13-14H,6-11H2,(H,18,23)(H,19,20,21). The molecule has 1 aromatic carbocycles. The van der Waals surface area contributed by atoms with E-state index < -0.39 is 0 Å². The van der Waals surface area contributed by atoms with E-state index in [1.807, 2.05) is 35.2 Å². The van der Waals surface area contributed by atoms with E-state index in [-0.39, 0.29) is 24.8 Å². The molecule has 132 valence electrons. The number of amides is 2. The van der Waals surface area contributed by atoms with Crippen LogP contribution in [0.4, 0.5) is 4.79 Å². The van der Waals surface area contributed by atoms with Crippen LogP contribution in [0, 0.1) is 0 Å². The molecule has 2 saturated heterocycles. The van der Waals surface area contributed by atoms with Gasteiger partial charge in [-0.25, -0.2) is 9.78 Å². The molecule has 2 unspecified atom stereocenters. The van der Waals surface area contributed by atoms with Gasteiger partial charge in [-0.3, -0.25) is 5.10 Å². The molecular weight excluding hydrogens is 322 g/mol. The Balaban J connectivity index is 1.24. The molecule has 4 rings (SSSR count). The van der Waals surface area contributed by atoms with Crippen LogP contribution < -0.4 is 10.1 Å². The molecule has 2 aromatic rings. The van der Waals surface area contributed by atoms with Crippen molar-refractivity contribution in [1.82, 2.24) is 25.4 Å². The highest BCUT2D eigenvalue weighted by atomic mass is 16.5. The number of morpholine rings is 1. The quantitative estimate of drug-likeness (QED) is 0.857. The number of nitrogens with zero attached hydrogens (tertiary/aromatic N) is 3. The molecule has 25 heavy (non-hydrogen) atoms. The number of ether oxygens (including phenoxy) is 2. The third-order valence-electron chi connectivity index (χ3n) is 4.43. The van der Waals surface area contributed by atoms with E-state index >= 15 is 0 Å². The van der Waals surface area contributed by atoms with Crippen LogP contribution in [0.2, 0.25) is 0 Å². The van der Waals surface area contributed by atoms with Gasteiger partial charge in [0.25, 0.3) is 0 Å². The number of aromatic nitrogens is 3. The van der Waals surface area contributed by atoms with Crippen LogP contribution in [-0.4, -0.2) is 51.4 Å². The van der Waals surface area contributed by atoms with Crippen molar-refractivity contribution in [2.45, 2.75) is 38.2 Å². The predicted molar refractivity (Wildman–Crippen MR) is 88.9 cm³/mol. The highest BCUT2D eigenvalue weighted by molar-refractivity contribution is 5.74. The Morgan fingerprint density at radius 3 is 2.80 bits per heavy atom. The van der Waals surface area contributed by atoms with Crippen molar-refractivity contribution in [3.8, 4) is 5.75 Å². The Bertz CT molecular complexity index is 708. The van der Waals surface area contributed by atoms with Gasteiger partial charge in [0.15, 0.2) is 11.6 Å². The number of fused-ring (bicyclic) bond motifs is 2. The number of rotatable bonds is 5. The zero-order valence-corrected chi connectivity index (χ0v) is 13.9. The van der Waals surface area contributed by atoms with Crippen molar-refractivity contribution in [3.05, 3.63) is 42.0 Å². The first kappa shape index (κ1) is 15.9. The minimum absolute atomic E-state index is 0.0907. The molecule has 0 radical (unpaired) electrons. The van der Waals surface area contributed by atoms with E-state index in [1.54, 1.807) is 0 Å². The molecule has 2 bridgehead atoms. The lowest BCUT2D eigenvalue weighted by Crippen LogP contribution is -2.49. The van der Waals surface area contributed by atoms with Gasteiger partial charge in [0.1, 0.15) is 12.4 Å². The fraction of sp³-hybridized carbons (Fsp3) is 0.471. The van der Waals surface area contributed by atoms with Crippen LogP contribution >= 0.6 is 0 Å². The average molecular weight is 343 g/mol. The smallest absolute Gasteiger partial charge is 0.317 e. The van der Waals surface area contributed by atoms with E-state index in [0.717, 1.165) is 18.6 Å². The molecule has 2 fully saturated rings. The van der Waals surface area contributed by atoms with Gasteiger partial charge in [0, 0.05) is 13.1 Å². The zero-order valence-electron chi connectivity index (χ0n) is 13.9. The molecule has 3 heterocycles. The van der Waals surface area contributed by atoms with Crippen LogP contribution in [0.25, 0.3) is 0 Å². The van der Waals surface area contributed by atoms with Gasteiger partial charge in [0.05, 0.1) is 18.8 Å². The molecule has 2 N–H and O–H groups in total. The Kier molecular flexibility index (Phi) is 4.51. The lowest BCUT2D eigenvalue weighted by molar-refractivity contribution is -0.0238. The second-order valence-corrected chi connectivity index (χ2v) is 6.32. The van der Waals surface area contributed by atoms with E-state index in [9.17, 15) is 4.79 Å². The fourth-order valence-corrected chi connectivity index (χ4v) is 3.19. The van der Waals surface area contributed by atoms with Gasteiger partial charge in [-0.1, -0.05) is 18.2 Å². The number of carbonyl (C=O) groups is 1. The Morgan fingerprint density at radius 1 is 1.28 bits per heavy atom. The third kappa shape index (κ3) is 3.90. The number of nitrogens with one attached hydrogen (secondary N) is 2.